The predicted molar refractivity (Wildman–Crippen MR) is 84.8 cm³/mol. The van der Waals surface area contributed by atoms with Crippen molar-refractivity contribution in [1.82, 2.24) is 0 Å². The fourth-order valence-corrected chi connectivity index (χ4v) is 2.12. The Bertz CT molecular complexity index is 665. The average molecular weight is 348 g/mol. The fourth-order valence-electron chi connectivity index (χ4n) is 1.67. The molecule has 0 radical (unpaired) electrons. The number of rotatable bonds is 4. The molecule has 0 spiro atoms. The lowest BCUT2D eigenvalue weighted by atomic mass is 10.1. The van der Waals surface area contributed by atoms with E-state index in [1.54, 1.807) is 32.2 Å². The normalized spacial score (nSPS) is 11.1. The average Bonchev–Trinajstić information content (AvgIpc) is 2.52. The van der Waals surface area contributed by atoms with E-state index in [4.69, 9.17) is 9.57 Å². The molecule has 2 aromatic rings. The molecule has 0 aliphatic heterocycles. The molecule has 5 heteroatoms. The number of hydrogen-bond donors (Lipinski definition) is 0. The van der Waals surface area contributed by atoms with Crippen LogP contribution in [-0.4, -0.2) is 18.8 Å². The zero-order valence-corrected chi connectivity index (χ0v) is 13.3. The van der Waals surface area contributed by atoms with Gasteiger partial charge < -0.3 is 9.57 Å². The zero-order chi connectivity index (χ0) is 15.2. The van der Waals surface area contributed by atoms with Crippen molar-refractivity contribution in [3.63, 3.8) is 0 Å². The maximum Gasteiger partial charge on any atom is 0.366 e. The summed E-state index contributed by atoms with van der Waals surface area (Å²) in [5.74, 6) is 0.257. The molecule has 0 aromatic heterocycles. The van der Waals surface area contributed by atoms with E-state index in [1.165, 1.54) is 0 Å². The van der Waals surface area contributed by atoms with Gasteiger partial charge >= 0.3 is 5.97 Å². The zero-order valence-electron chi connectivity index (χ0n) is 11.7. The van der Waals surface area contributed by atoms with Crippen LogP contribution in [-0.2, 0) is 4.84 Å². The largest absolute Gasteiger partial charge is 0.497 e. The Hall–Kier alpha value is -2.14. The van der Waals surface area contributed by atoms with Crippen LogP contribution >= 0.6 is 15.9 Å². The van der Waals surface area contributed by atoms with Crippen LogP contribution in [0.1, 0.15) is 22.8 Å². The Balaban J connectivity index is 2.09. The number of ether oxygens (including phenoxy) is 1. The molecule has 2 aromatic carbocycles. The lowest BCUT2D eigenvalue weighted by Gasteiger charge is -2.04. The predicted octanol–water partition coefficient (Wildman–Crippen LogP) is 4.04. The molecule has 0 aliphatic carbocycles. The molecule has 21 heavy (non-hydrogen) atoms. The van der Waals surface area contributed by atoms with E-state index in [9.17, 15) is 4.79 Å². The minimum Gasteiger partial charge on any atom is -0.497 e. The first-order valence-electron chi connectivity index (χ1n) is 6.26. The summed E-state index contributed by atoms with van der Waals surface area (Å²) in [6, 6.07) is 14.4. The fraction of sp³-hybridized carbons (Fsp3) is 0.125. The molecule has 0 aliphatic rings. The minimum absolute atomic E-state index is 0.434. The van der Waals surface area contributed by atoms with E-state index < -0.39 is 5.97 Å². The molecule has 0 heterocycles. The van der Waals surface area contributed by atoms with E-state index in [0.29, 0.717) is 15.7 Å². The Labute approximate surface area is 131 Å². The molecule has 108 valence electrons. The van der Waals surface area contributed by atoms with Gasteiger partial charge in [0, 0.05) is 4.47 Å². The van der Waals surface area contributed by atoms with Crippen molar-refractivity contribution in [2.75, 3.05) is 7.11 Å². The van der Waals surface area contributed by atoms with Gasteiger partial charge in [0.2, 0.25) is 0 Å². The molecule has 0 bridgehead atoms. The van der Waals surface area contributed by atoms with Gasteiger partial charge in [0.25, 0.3) is 0 Å². The number of nitrogens with zero attached hydrogens (tertiary/aromatic N) is 1. The molecule has 0 saturated carbocycles. The third-order valence-electron chi connectivity index (χ3n) is 2.87. The van der Waals surface area contributed by atoms with Crippen LogP contribution < -0.4 is 4.74 Å². The van der Waals surface area contributed by atoms with E-state index in [1.807, 2.05) is 30.3 Å². The standard InChI is InChI=1S/C16H14BrNO3/c1-11(12-7-9-13(20-2)10-8-12)18-21-16(19)14-5-3-4-6-15(14)17/h3-10H,1-2H3. The Kier molecular flexibility index (Phi) is 5.11. The maximum absolute atomic E-state index is 11.9. The summed E-state index contributed by atoms with van der Waals surface area (Å²) in [6.07, 6.45) is 0. The highest BCUT2D eigenvalue weighted by atomic mass is 79.9. The lowest BCUT2D eigenvalue weighted by molar-refractivity contribution is 0.0515. The van der Waals surface area contributed by atoms with Crippen LogP contribution in [0, 0.1) is 0 Å². The summed E-state index contributed by atoms with van der Waals surface area (Å²) in [5, 5.41) is 3.87. The molecule has 0 unspecified atom stereocenters. The number of oxime groups is 1. The smallest absolute Gasteiger partial charge is 0.366 e. The summed E-state index contributed by atoms with van der Waals surface area (Å²) in [5.41, 5.74) is 1.90. The summed E-state index contributed by atoms with van der Waals surface area (Å²) < 4.78 is 5.76. The summed E-state index contributed by atoms with van der Waals surface area (Å²) in [7, 11) is 1.61. The van der Waals surface area contributed by atoms with Crippen molar-refractivity contribution in [2.24, 2.45) is 5.16 Å². The van der Waals surface area contributed by atoms with Crippen LogP contribution in [0.2, 0.25) is 0 Å². The molecule has 0 atom stereocenters. The van der Waals surface area contributed by atoms with Crippen LogP contribution in [0.15, 0.2) is 58.2 Å². The summed E-state index contributed by atoms with van der Waals surface area (Å²) in [4.78, 5) is 16.9. The van der Waals surface area contributed by atoms with Gasteiger partial charge in [-0.2, -0.15) is 0 Å². The summed E-state index contributed by atoms with van der Waals surface area (Å²) in [6.45, 7) is 1.77. The number of benzene rings is 2. The number of hydrogen-bond acceptors (Lipinski definition) is 4. The molecule has 0 saturated heterocycles. The van der Waals surface area contributed by atoms with Gasteiger partial charge in [-0.05, 0) is 64.8 Å². The van der Waals surface area contributed by atoms with Gasteiger partial charge in [-0.1, -0.05) is 17.3 Å². The SMILES string of the molecule is COc1ccc(C(C)=NOC(=O)c2ccccc2Br)cc1. The van der Waals surface area contributed by atoms with Gasteiger partial charge in [-0.25, -0.2) is 4.79 Å². The number of methoxy groups -OCH3 is 1. The maximum atomic E-state index is 11.9. The van der Waals surface area contributed by atoms with E-state index in [0.717, 1.165) is 11.3 Å². The third kappa shape index (κ3) is 3.92. The first-order valence-corrected chi connectivity index (χ1v) is 7.06. The Morgan fingerprint density at radius 3 is 2.38 bits per heavy atom. The van der Waals surface area contributed by atoms with Gasteiger partial charge in [0.15, 0.2) is 0 Å². The number of halogens is 1. The van der Waals surface area contributed by atoms with Gasteiger partial charge in [-0.15, -0.1) is 0 Å². The molecule has 0 N–H and O–H groups in total. The summed E-state index contributed by atoms with van der Waals surface area (Å²) >= 11 is 3.30. The topological polar surface area (TPSA) is 47.9 Å². The van der Waals surface area contributed by atoms with Crippen LogP contribution in [0.3, 0.4) is 0 Å². The Morgan fingerprint density at radius 1 is 1.10 bits per heavy atom. The van der Waals surface area contributed by atoms with Gasteiger partial charge in [0.1, 0.15) is 5.75 Å². The van der Waals surface area contributed by atoms with Crippen LogP contribution in [0.25, 0.3) is 0 Å². The third-order valence-corrected chi connectivity index (χ3v) is 3.56. The highest BCUT2D eigenvalue weighted by Gasteiger charge is 2.11. The molecule has 2 rings (SSSR count). The molecule has 0 fully saturated rings. The van der Waals surface area contributed by atoms with Crippen molar-refractivity contribution in [3.05, 3.63) is 64.1 Å². The van der Waals surface area contributed by atoms with Gasteiger partial charge in [0.05, 0.1) is 18.4 Å². The second-order valence-electron chi connectivity index (χ2n) is 4.26. The van der Waals surface area contributed by atoms with Gasteiger partial charge in [-0.3, -0.25) is 0 Å². The highest BCUT2D eigenvalue weighted by molar-refractivity contribution is 9.10. The molecular formula is C16H14BrNO3. The first kappa shape index (κ1) is 15.3. The number of carbonyl (C=O) groups is 1. The van der Waals surface area contributed by atoms with Crippen LogP contribution in [0.5, 0.6) is 5.75 Å². The van der Waals surface area contributed by atoms with Crippen LogP contribution in [0.4, 0.5) is 0 Å². The van der Waals surface area contributed by atoms with E-state index in [-0.39, 0.29) is 0 Å². The minimum atomic E-state index is -0.504. The first-order chi connectivity index (χ1) is 10.1. The monoisotopic (exact) mass is 347 g/mol. The highest BCUT2D eigenvalue weighted by Crippen LogP contribution is 2.17. The van der Waals surface area contributed by atoms with Crippen molar-refractivity contribution >= 4 is 27.6 Å². The van der Waals surface area contributed by atoms with Crippen molar-refractivity contribution in [2.45, 2.75) is 6.92 Å². The second kappa shape index (κ2) is 7.04. The van der Waals surface area contributed by atoms with E-state index >= 15 is 0 Å². The lowest BCUT2D eigenvalue weighted by Crippen LogP contribution is -2.04. The quantitative estimate of drug-likeness (QED) is 0.476. The molecule has 0 amide bonds. The number of carbonyl (C=O) groups excluding carboxylic acids is 1. The van der Waals surface area contributed by atoms with Crippen molar-refractivity contribution < 1.29 is 14.4 Å². The van der Waals surface area contributed by atoms with Crippen molar-refractivity contribution in [3.8, 4) is 5.75 Å². The molecular weight excluding hydrogens is 334 g/mol. The Morgan fingerprint density at radius 2 is 1.76 bits per heavy atom. The van der Waals surface area contributed by atoms with Crippen molar-refractivity contribution in [1.29, 1.82) is 0 Å². The second-order valence-corrected chi connectivity index (χ2v) is 5.12. The molecule has 4 nitrogen and oxygen atoms in total. The van der Waals surface area contributed by atoms with E-state index in [2.05, 4.69) is 21.1 Å².